The molecule has 0 fully saturated rings. The fraction of sp³-hybridized carbons (Fsp3) is 0.294. The largest absolute Gasteiger partial charge is 0.456 e. The molecule has 2 aromatic carbocycles. The molecule has 0 aromatic heterocycles. The molecule has 0 spiro atoms. The molecule has 0 radical (unpaired) electrons. The third-order valence-corrected chi connectivity index (χ3v) is 3.75. The average molecular weight is 334 g/mol. The number of rotatable bonds is 5. The Kier molecular flexibility index (Phi) is 5.21. The van der Waals surface area contributed by atoms with E-state index in [4.69, 9.17) is 4.74 Å². The van der Waals surface area contributed by atoms with Gasteiger partial charge in [-0.1, -0.05) is 25.1 Å². The van der Waals surface area contributed by atoms with Gasteiger partial charge < -0.3 is 10.1 Å². The second-order valence-corrected chi connectivity index (χ2v) is 5.77. The van der Waals surface area contributed by atoms with Gasteiger partial charge in [-0.3, -0.25) is 0 Å². The molecule has 20 heavy (non-hydrogen) atoms. The zero-order valence-electron chi connectivity index (χ0n) is 12.2. The molecule has 2 rings (SSSR count). The number of benzene rings is 2. The van der Waals surface area contributed by atoms with E-state index in [-0.39, 0.29) is 0 Å². The Morgan fingerprint density at radius 2 is 1.80 bits per heavy atom. The van der Waals surface area contributed by atoms with Gasteiger partial charge in [0.15, 0.2) is 0 Å². The molecule has 0 unspecified atom stereocenters. The number of aryl methyl sites for hydroxylation is 2. The van der Waals surface area contributed by atoms with E-state index < -0.39 is 0 Å². The Balaban J connectivity index is 2.17. The standard InChI is InChI=1S/C17H20BrNO/c1-4-19-11-14-6-8-16(13(3)10-14)20-17-7-5-12(2)9-15(17)18/h5-10,19H,4,11H2,1-3H3. The maximum Gasteiger partial charge on any atom is 0.141 e. The predicted octanol–water partition coefficient (Wildman–Crippen LogP) is 4.97. The van der Waals surface area contributed by atoms with Crippen LogP contribution in [0.25, 0.3) is 0 Å². The van der Waals surface area contributed by atoms with Gasteiger partial charge in [0.2, 0.25) is 0 Å². The molecule has 0 aliphatic heterocycles. The lowest BCUT2D eigenvalue weighted by Gasteiger charge is -2.12. The van der Waals surface area contributed by atoms with Gasteiger partial charge in [-0.05, 0) is 71.2 Å². The van der Waals surface area contributed by atoms with E-state index in [1.54, 1.807) is 0 Å². The van der Waals surface area contributed by atoms with Gasteiger partial charge in [-0.2, -0.15) is 0 Å². The van der Waals surface area contributed by atoms with Gasteiger partial charge in [0.25, 0.3) is 0 Å². The van der Waals surface area contributed by atoms with E-state index in [1.165, 1.54) is 11.1 Å². The van der Waals surface area contributed by atoms with Crippen molar-refractivity contribution in [2.45, 2.75) is 27.3 Å². The highest BCUT2D eigenvalue weighted by Crippen LogP contribution is 2.32. The Labute approximate surface area is 129 Å². The maximum atomic E-state index is 5.99. The van der Waals surface area contributed by atoms with E-state index in [9.17, 15) is 0 Å². The smallest absolute Gasteiger partial charge is 0.141 e. The van der Waals surface area contributed by atoms with E-state index >= 15 is 0 Å². The molecule has 0 aliphatic carbocycles. The SMILES string of the molecule is CCNCc1ccc(Oc2ccc(C)cc2Br)c(C)c1. The maximum absolute atomic E-state index is 5.99. The molecule has 2 aromatic rings. The van der Waals surface area contributed by atoms with E-state index in [1.807, 2.05) is 12.1 Å². The third kappa shape index (κ3) is 3.84. The highest BCUT2D eigenvalue weighted by molar-refractivity contribution is 9.10. The van der Waals surface area contributed by atoms with Crippen molar-refractivity contribution in [2.75, 3.05) is 6.54 Å². The zero-order valence-corrected chi connectivity index (χ0v) is 13.8. The van der Waals surface area contributed by atoms with Crippen molar-refractivity contribution in [3.05, 3.63) is 57.6 Å². The van der Waals surface area contributed by atoms with Gasteiger partial charge in [0.1, 0.15) is 11.5 Å². The summed E-state index contributed by atoms with van der Waals surface area (Å²) in [5, 5.41) is 3.33. The lowest BCUT2D eigenvalue weighted by atomic mass is 10.1. The summed E-state index contributed by atoms with van der Waals surface area (Å²) < 4.78 is 6.97. The quantitative estimate of drug-likeness (QED) is 0.834. The first-order valence-electron chi connectivity index (χ1n) is 6.84. The monoisotopic (exact) mass is 333 g/mol. The molecule has 0 saturated heterocycles. The summed E-state index contributed by atoms with van der Waals surface area (Å²) in [6, 6.07) is 12.4. The van der Waals surface area contributed by atoms with Gasteiger partial charge >= 0.3 is 0 Å². The molecular formula is C17H20BrNO. The molecule has 0 aliphatic rings. The van der Waals surface area contributed by atoms with Gasteiger partial charge in [-0.15, -0.1) is 0 Å². The average Bonchev–Trinajstić information content (AvgIpc) is 2.42. The van der Waals surface area contributed by atoms with Crippen molar-refractivity contribution in [2.24, 2.45) is 0 Å². The number of hydrogen-bond donors (Lipinski definition) is 1. The van der Waals surface area contributed by atoms with Crippen molar-refractivity contribution in [1.29, 1.82) is 0 Å². The Bertz CT molecular complexity index is 596. The van der Waals surface area contributed by atoms with Gasteiger partial charge in [-0.25, -0.2) is 0 Å². The molecule has 2 nitrogen and oxygen atoms in total. The van der Waals surface area contributed by atoms with Crippen LogP contribution in [0.15, 0.2) is 40.9 Å². The second kappa shape index (κ2) is 6.91. The minimum Gasteiger partial charge on any atom is -0.456 e. The highest BCUT2D eigenvalue weighted by Gasteiger charge is 2.06. The Morgan fingerprint density at radius 3 is 2.45 bits per heavy atom. The van der Waals surface area contributed by atoms with Crippen LogP contribution in [0.3, 0.4) is 0 Å². The molecule has 106 valence electrons. The van der Waals surface area contributed by atoms with Crippen LogP contribution < -0.4 is 10.1 Å². The lowest BCUT2D eigenvalue weighted by Crippen LogP contribution is -2.11. The first-order chi connectivity index (χ1) is 9.60. The molecule has 0 saturated carbocycles. The summed E-state index contributed by atoms with van der Waals surface area (Å²) in [6.07, 6.45) is 0. The predicted molar refractivity (Wildman–Crippen MR) is 87.5 cm³/mol. The molecule has 1 N–H and O–H groups in total. The van der Waals surface area contributed by atoms with Crippen molar-refractivity contribution < 1.29 is 4.74 Å². The summed E-state index contributed by atoms with van der Waals surface area (Å²) in [4.78, 5) is 0. The highest BCUT2D eigenvalue weighted by atomic mass is 79.9. The molecule has 0 atom stereocenters. The number of ether oxygens (including phenoxy) is 1. The van der Waals surface area contributed by atoms with Crippen LogP contribution in [0.2, 0.25) is 0 Å². The molecule has 0 bridgehead atoms. The summed E-state index contributed by atoms with van der Waals surface area (Å²) in [7, 11) is 0. The number of nitrogens with one attached hydrogen (secondary N) is 1. The van der Waals surface area contributed by atoms with Crippen LogP contribution in [-0.4, -0.2) is 6.54 Å². The van der Waals surface area contributed by atoms with E-state index in [2.05, 4.69) is 66.3 Å². The van der Waals surface area contributed by atoms with Crippen molar-refractivity contribution in [3.8, 4) is 11.5 Å². The summed E-state index contributed by atoms with van der Waals surface area (Å²) in [6.45, 7) is 8.13. The first-order valence-corrected chi connectivity index (χ1v) is 7.63. The van der Waals surface area contributed by atoms with E-state index in [0.29, 0.717) is 0 Å². The van der Waals surface area contributed by atoms with Crippen LogP contribution in [0, 0.1) is 13.8 Å². The van der Waals surface area contributed by atoms with Crippen LogP contribution in [0.5, 0.6) is 11.5 Å². The lowest BCUT2D eigenvalue weighted by molar-refractivity contribution is 0.475. The van der Waals surface area contributed by atoms with Crippen LogP contribution in [0.4, 0.5) is 0 Å². The fourth-order valence-electron chi connectivity index (χ4n) is 2.01. The van der Waals surface area contributed by atoms with Crippen molar-refractivity contribution >= 4 is 15.9 Å². The minimum atomic E-state index is 0.845. The summed E-state index contributed by atoms with van der Waals surface area (Å²) in [5.41, 5.74) is 3.63. The van der Waals surface area contributed by atoms with Gasteiger partial charge in [0, 0.05) is 6.54 Å². The van der Waals surface area contributed by atoms with Crippen LogP contribution in [-0.2, 0) is 6.54 Å². The summed E-state index contributed by atoms with van der Waals surface area (Å²) >= 11 is 3.54. The first kappa shape index (κ1) is 15.1. The molecule has 3 heteroatoms. The molecule has 0 amide bonds. The molecule has 0 heterocycles. The topological polar surface area (TPSA) is 21.3 Å². The number of halogens is 1. The summed E-state index contributed by atoms with van der Waals surface area (Å²) in [5.74, 6) is 1.74. The Hall–Kier alpha value is -1.32. The van der Waals surface area contributed by atoms with Crippen LogP contribution >= 0.6 is 15.9 Å². The van der Waals surface area contributed by atoms with Crippen LogP contribution in [0.1, 0.15) is 23.6 Å². The third-order valence-electron chi connectivity index (χ3n) is 3.13. The van der Waals surface area contributed by atoms with E-state index in [0.717, 1.165) is 34.6 Å². The normalized spacial score (nSPS) is 10.6. The molecular weight excluding hydrogens is 314 g/mol. The van der Waals surface area contributed by atoms with Crippen molar-refractivity contribution in [3.63, 3.8) is 0 Å². The fourth-order valence-corrected chi connectivity index (χ4v) is 2.59. The van der Waals surface area contributed by atoms with Gasteiger partial charge in [0.05, 0.1) is 4.47 Å². The second-order valence-electron chi connectivity index (χ2n) is 4.92. The number of hydrogen-bond acceptors (Lipinski definition) is 2. The van der Waals surface area contributed by atoms with Crippen molar-refractivity contribution in [1.82, 2.24) is 5.32 Å². The Morgan fingerprint density at radius 1 is 1.05 bits per heavy atom. The zero-order chi connectivity index (χ0) is 14.5. The minimum absolute atomic E-state index is 0.845.